The first-order chi connectivity index (χ1) is 9.21. The van der Waals surface area contributed by atoms with Crippen LogP contribution in [0.1, 0.15) is 11.3 Å². The van der Waals surface area contributed by atoms with E-state index in [-0.39, 0.29) is 0 Å². The minimum atomic E-state index is 0.334. The Hall–Kier alpha value is -2.34. The third kappa shape index (κ3) is 3.56. The first-order valence-corrected chi connectivity index (χ1v) is 5.79. The summed E-state index contributed by atoms with van der Waals surface area (Å²) in [6.07, 6.45) is 0. The molecule has 2 rings (SSSR count). The second-order valence-corrected chi connectivity index (χ2v) is 3.96. The van der Waals surface area contributed by atoms with Crippen molar-refractivity contribution in [2.45, 2.75) is 13.5 Å². The largest absolute Gasteiger partial charge is 0.497 e. The molecule has 0 saturated carbocycles. The zero-order chi connectivity index (χ0) is 13.7. The van der Waals surface area contributed by atoms with Gasteiger partial charge in [-0.1, -0.05) is 12.1 Å². The van der Waals surface area contributed by atoms with Crippen LogP contribution in [0.3, 0.4) is 0 Å². The highest BCUT2D eigenvalue weighted by atomic mass is 16.5. The topological polar surface area (TPSA) is 82.3 Å². The van der Waals surface area contributed by atoms with Crippen LogP contribution in [0.25, 0.3) is 0 Å². The predicted octanol–water partition coefficient (Wildman–Crippen LogP) is 1.66. The van der Waals surface area contributed by atoms with Crippen molar-refractivity contribution in [2.75, 3.05) is 12.5 Å². The summed E-state index contributed by atoms with van der Waals surface area (Å²) in [5.41, 5.74) is 4.18. The van der Waals surface area contributed by atoms with E-state index in [0.717, 1.165) is 17.0 Å². The van der Waals surface area contributed by atoms with Gasteiger partial charge >= 0.3 is 0 Å². The zero-order valence-corrected chi connectivity index (χ0v) is 10.9. The van der Waals surface area contributed by atoms with E-state index in [1.807, 2.05) is 31.2 Å². The van der Waals surface area contributed by atoms with Crippen LogP contribution in [0.5, 0.6) is 11.6 Å². The number of hydrogen-bond acceptors (Lipinski definition) is 6. The van der Waals surface area contributed by atoms with E-state index in [2.05, 4.69) is 15.4 Å². The maximum absolute atomic E-state index is 5.61. The Kier molecular flexibility index (Phi) is 4.15. The molecule has 0 aliphatic carbocycles. The molecule has 0 radical (unpaired) electrons. The van der Waals surface area contributed by atoms with Crippen LogP contribution < -0.4 is 20.7 Å². The van der Waals surface area contributed by atoms with Gasteiger partial charge in [0.2, 0.25) is 11.8 Å². The summed E-state index contributed by atoms with van der Waals surface area (Å²) in [6.45, 7) is 2.25. The van der Waals surface area contributed by atoms with Crippen LogP contribution in [-0.2, 0) is 6.61 Å². The molecule has 0 bridgehead atoms. The summed E-state index contributed by atoms with van der Waals surface area (Å²) in [4.78, 5) is 8.20. The van der Waals surface area contributed by atoms with E-state index in [4.69, 9.17) is 15.3 Å². The summed E-state index contributed by atoms with van der Waals surface area (Å²) >= 11 is 0. The van der Waals surface area contributed by atoms with Gasteiger partial charge in [0.1, 0.15) is 12.4 Å². The monoisotopic (exact) mass is 260 g/mol. The molecule has 0 unspecified atom stereocenters. The number of hydrazine groups is 1. The Morgan fingerprint density at radius 3 is 2.84 bits per heavy atom. The van der Waals surface area contributed by atoms with E-state index in [1.54, 1.807) is 13.2 Å². The molecule has 0 fully saturated rings. The normalized spacial score (nSPS) is 10.1. The molecule has 2 aromatic rings. The molecule has 1 aromatic carbocycles. The Bertz CT molecular complexity index is 560. The lowest BCUT2D eigenvalue weighted by atomic mass is 10.2. The zero-order valence-electron chi connectivity index (χ0n) is 10.9. The van der Waals surface area contributed by atoms with Crippen molar-refractivity contribution in [1.29, 1.82) is 0 Å². The van der Waals surface area contributed by atoms with Crippen LogP contribution in [-0.4, -0.2) is 17.1 Å². The van der Waals surface area contributed by atoms with Gasteiger partial charge in [0.15, 0.2) is 0 Å². The molecule has 0 aliphatic rings. The maximum Gasteiger partial charge on any atom is 0.240 e. The molecule has 19 heavy (non-hydrogen) atoms. The van der Waals surface area contributed by atoms with Gasteiger partial charge in [-0.15, -0.1) is 0 Å². The van der Waals surface area contributed by atoms with E-state index in [1.165, 1.54) is 0 Å². The molecule has 3 N–H and O–H groups in total. The third-order valence-corrected chi connectivity index (χ3v) is 2.48. The molecule has 100 valence electrons. The molecule has 1 heterocycles. The summed E-state index contributed by atoms with van der Waals surface area (Å²) in [7, 11) is 1.63. The van der Waals surface area contributed by atoms with Crippen LogP contribution >= 0.6 is 0 Å². The number of rotatable bonds is 5. The van der Waals surface area contributed by atoms with Gasteiger partial charge in [0.05, 0.1) is 7.11 Å². The lowest BCUT2D eigenvalue weighted by molar-refractivity contribution is 0.292. The summed E-state index contributed by atoms with van der Waals surface area (Å²) < 4.78 is 10.8. The fourth-order valence-electron chi connectivity index (χ4n) is 1.60. The maximum atomic E-state index is 5.61. The number of aryl methyl sites for hydroxylation is 1. The Morgan fingerprint density at radius 1 is 1.26 bits per heavy atom. The van der Waals surface area contributed by atoms with E-state index < -0.39 is 0 Å². The number of nitrogen functional groups attached to an aromatic ring is 1. The minimum absolute atomic E-state index is 0.334. The number of nitrogens with two attached hydrogens (primary N) is 1. The smallest absolute Gasteiger partial charge is 0.240 e. The van der Waals surface area contributed by atoms with E-state index in [9.17, 15) is 0 Å². The Labute approximate surface area is 111 Å². The van der Waals surface area contributed by atoms with Crippen LogP contribution in [0.15, 0.2) is 30.3 Å². The van der Waals surface area contributed by atoms with Crippen molar-refractivity contribution < 1.29 is 9.47 Å². The number of ether oxygens (including phenoxy) is 2. The predicted molar refractivity (Wildman–Crippen MR) is 71.9 cm³/mol. The summed E-state index contributed by atoms with van der Waals surface area (Å²) in [6, 6.07) is 9.42. The third-order valence-electron chi connectivity index (χ3n) is 2.48. The van der Waals surface area contributed by atoms with Gasteiger partial charge < -0.3 is 9.47 Å². The summed E-state index contributed by atoms with van der Waals surface area (Å²) in [5.74, 6) is 6.89. The van der Waals surface area contributed by atoms with Crippen LogP contribution in [0, 0.1) is 6.92 Å². The molecule has 0 saturated heterocycles. The molecule has 6 heteroatoms. The molecular formula is C13H16N4O2. The van der Waals surface area contributed by atoms with Gasteiger partial charge in [0, 0.05) is 11.8 Å². The lowest BCUT2D eigenvalue weighted by Gasteiger charge is -2.08. The van der Waals surface area contributed by atoms with Crippen molar-refractivity contribution in [3.05, 3.63) is 41.6 Å². The van der Waals surface area contributed by atoms with Crippen molar-refractivity contribution >= 4 is 5.95 Å². The molecule has 1 aromatic heterocycles. The van der Waals surface area contributed by atoms with Gasteiger partial charge in [-0.25, -0.2) is 10.8 Å². The number of nitrogens with zero attached hydrogens (tertiary/aromatic N) is 2. The first-order valence-electron chi connectivity index (χ1n) is 5.79. The van der Waals surface area contributed by atoms with Gasteiger partial charge in [-0.2, -0.15) is 4.98 Å². The van der Waals surface area contributed by atoms with E-state index >= 15 is 0 Å². The average molecular weight is 260 g/mol. The first kappa shape index (κ1) is 13.1. The fourth-order valence-corrected chi connectivity index (χ4v) is 1.60. The second kappa shape index (κ2) is 6.01. The number of methoxy groups -OCH3 is 1. The van der Waals surface area contributed by atoms with Gasteiger partial charge in [-0.05, 0) is 24.6 Å². The van der Waals surface area contributed by atoms with Gasteiger partial charge in [-0.3, -0.25) is 5.43 Å². The fraction of sp³-hybridized carbons (Fsp3) is 0.231. The number of benzene rings is 1. The number of nitrogens with one attached hydrogen (secondary N) is 1. The van der Waals surface area contributed by atoms with Crippen LogP contribution in [0.2, 0.25) is 0 Å². The van der Waals surface area contributed by atoms with E-state index in [0.29, 0.717) is 18.4 Å². The number of aromatic nitrogens is 2. The molecule has 0 aliphatic heterocycles. The van der Waals surface area contributed by atoms with Gasteiger partial charge in [0.25, 0.3) is 0 Å². The molecular weight excluding hydrogens is 244 g/mol. The highest BCUT2D eigenvalue weighted by Gasteiger charge is 2.03. The Balaban J connectivity index is 2.07. The molecule has 0 amide bonds. The molecule has 0 spiro atoms. The van der Waals surface area contributed by atoms with Crippen LogP contribution in [0.4, 0.5) is 5.95 Å². The quantitative estimate of drug-likeness (QED) is 0.628. The highest BCUT2D eigenvalue weighted by Crippen LogP contribution is 2.16. The van der Waals surface area contributed by atoms with Crippen molar-refractivity contribution in [1.82, 2.24) is 9.97 Å². The van der Waals surface area contributed by atoms with Crippen molar-refractivity contribution in [2.24, 2.45) is 5.84 Å². The number of hydrogen-bond donors (Lipinski definition) is 2. The van der Waals surface area contributed by atoms with Crippen molar-refractivity contribution in [3.63, 3.8) is 0 Å². The minimum Gasteiger partial charge on any atom is -0.497 e. The standard InChI is InChI=1S/C13H16N4O2/c1-9-6-12(16-13(15-9)17-14)19-8-10-4-3-5-11(7-10)18-2/h3-7H,8,14H2,1-2H3,(H,15,16,17). The lowest BCUT2D eigenvalue weighted by Crippen LogP contribution is -2.11. The summed E-state index contributed by atoms with van der Waals surface area (Å²) in [5, 5.41) is 0. The highest BCUT2D eigenvalue weighted by molar-refractivity contribution is 5.30. The van der Waals surface area contributed by atoms with Crippen molar-refractivity contribution in [3.8, 4) is 11.6 Å². The SMILES string of the molecule is COc1cccc(COc2cc(C)nc(NN)n2)c1. The molecule has 6 nitrogen and oxygen atoms in total. The molecule has 0 atom stereocenters. The average Bonchev–Trinajstić information content (AvgIpc) is 2.44. The Morgan fingerprint density at radius 2 is 2.11 bits per heavy atom. The second-order valence-electron chi connectivity index (χ2n) is 3.96. The number of anilines is 1.